The zero-order valence-electron chi connectivity index (χ0n) is 7.70. The van der Waals surface area contributed by atoms with Crippen molar-refractivity contribution in [1.82, 2.24) is 0 Å². The smallest absolute Gasteiger partial charge is 0.0408 e. The molecule has 13 heavy (non-hydrogen) atoms. The summed E-state index contributed by atoms with van der Waals surface area (Å²) in [7, 11) is 0. The van der Waals surface area contributed by atoms with Gasteiger partial charge in [0.25, 0.3) is 0 Å². The van der Waals surface area contributed by atoms with E-state index in [0.717, 1.165) is 10.6 Å². The summed E-state index contributed by atoms with van der Waals surface area (Å²) >= 11 is 5.86. The molecule has 4 N–H and O–H groups in total. The van der Waals surface area contributed by atoms with Gasteiger partial charge in [-0.1, -0.05) is 30.7 Å². The predicted octanol–water partition coefficient (Wildman–Crippen LogP) is 1.73. The molecule has 1 rings (SSSR count). The normalized spacial score (nSPS) is 15.4. The van der Waals surface area contributed by atoms with Crippen LogP contribution in [0.4, 0.5) is 0 Å². The van der Waals surface area contributed by atoms with Crippen LogP contribution in [0.5, 0.6) is 0 Å². The standard InChI is InChI=1S/C10H15ClN2/c1-7(10(13)6-12)8-3-2-4-9(11)5-8/h2-5,7,10H,6,12-13H2,1H3. The van der Waals surface area contributed by atoms with Gasteiger partial charge >= 0.3 is 0 Å². The zero-order chi connectivity index (χ0) is 9.84. The quantitative estimate of drug-likeness (QED) is 0.778. The van der Waals surface area contributed by atoms with Gasteiger partial charge in [0, 0.05) is 17.6 Å². The maximum Gasteiger partial charge on any atom is 0.0408 e. The highest BCUT2D eigenvalue weighted by Gasteiger charge is 2.12. The summed E-state index contributed by atoms with van der Waals surface area (Å²) in [5, 5.41) is 0.744. The first-order valence-electron chi connectivity index (χ1n) is 4.36. The Bertz CT molecular complexity index is 275. The topological polar surface area (TPSA) is 52.0 Å². The third kappa shape index (κ3) is 2.69. The Morgan fingerprint density at radius 2 is 2.15 bits per heavy atom. The number of nitrogens with two attached hydrogens (primary N) is 2. The van der Waals surface area contributed by atoms with Crippen molar-refractivity contribution in [3.05, 3.63) is 34.9 Å². The molecule has 2 atom stereocenters. The fraction of sp³-hybridized carbons (Fsp3) is 0.400. The number of halogens is 1. The molecular formula is C10H15ClN2. The summed E-state index contributed by atoms with van der Waals surface area (Å²) in [6, 6.07) is 7.73. The van der Waals surface area contributed by atoms with Gasteiger partial charge < -0.3 is 11.5 Å². The Morgan fingerprint density at radius 1 is 1.46 bits per heavy atom. The summed E-state index contributed by atoms with van der Waals surface area (Å²) in [6.45, 7) is 2.55. The molecule has 0 fully saturated rings. The van der Waals surface area contributed by atoms with E-state index in [1.807, 2.05) is 24.3 Å². The first-order chi connectivity index (χ1) is 6.15. The molecule has 0 saturated carbocycles. The fourth-order valence-corrected chi connectivity index (χ4v) is 1.44. The molecule has 1 aromatic carbocycles. The highest BCUT2D eigenvalue weighted by molar-refractivity contribution is 6.30. The molecular weight excluding hydrogens is 184 g/mol. The van der Waals surface area contributed by atoms with Crippen molar-refractivity contribution < 1.29 is 0 Å². The van der Waals surface area contributed by atoms with Crippen LogP contribution >= 0.6 is 11.6 Å². The Kier molecular flexibility index (Phi) is 3.72. The van der Waals surface area contributed by atoms with E-state index in [2.05, 4.69) is 6.92 Å². The molecule has 0 heterocycles. The van der Waals surface area contributed by atoms with Crippen molar-refractivity contribution in [3.63, 3.8) is 0 Å². The van der Waals surface area contributed by atoms with E-state index in [4.69, 9.17) is 23.1 Å². The van der Waals surface area contributed by atoms with E-state index in [1.165, 1.54) is 0 Å². The molecule has 2 nitrogen and oxygen atoms in total. The van der Waals surface area contributed by atoms with Crippen molar-refractivity contribution in [2.24, 2.45) is 11.5 Å². The lowest BCUT2D eigenvalue weighted by Crippen LogP contribution is -2.34. The predicted molar refractivity (Wildman–Crippen MR) is 56.9 cm³/mol. The summed E-state index contributed by atoms with van der Waals surface area (Å²) in [5.41, 5.74) is 12.5. The molecule has 72 valence electrons. The molecule has 0 aromatic heterocycles. The highest BCUT2D eigenvalue weighted by atomic mass is 35.5. The van der Waals surface area contributed by atoms with Gasteiger partial charge in [-0.25, -0.2) is 0 Å². The van der Waals surface area contributed by atoms with Gasteiger partial charge in [-0.3, -0.25) is 0 Å². The van der Waals surface area contributed by atoms with Crippen LogP contribution in [0.15, 0.2) is 24.3 Å². The average molecular weight is 199 g/mol. The Morgan fingerprint density at radius 3 is 2.69 bits per heavy atom. The molecule has 2 unspecified atom stereocenters. The van der Waals surface area contributed by atoms with E-state index in [1.54, 1.807) is 0 Å². The van der Waals surface area contributed by atoms with Crippen LogP contribution in [0.3, 0.4) is 0 Å². The van der Waals surface area contributed by atoms with Crippen molar-refractivity contribution in [2.75, 3.05) is 6.54 Å². The molecule has 0 amide bonds. The minimum absolute atomic E-state index is 0.00142. The van der Waals surface area contributed by atoms with Gasteiger partial charge in [0.05, 0.1) is 0 Å². The van der Waals surface area contributed by atoms with E-state index in [-0.39, 0.29) is 12.0 Å². The van der Waals surface area contributed by atoms with E-state index >= 15 is 0 Å². The third-order valence-electron chi connectivity index (χ3n) is 2.29. The molecule has 1 aromatic rings. The lowest BCUT2D eigenvalue weighted by atomic mass is 9.94. The molecule has 0 aliphatic carbocycles. The molecule has 0 spiro atoms. The van der Waals surface area contributed by atoms with Crippen molar-refractivity contribution in [3.8, 4) is 0 Å². The van der Waals surface area contributed by atoms with Crippen molar-refractivity contribution in [2.45, 2.75) is 18.9 Å². The Balaban J connectivity index is 2.82. The van der Waals surface area contributed by atoms with Gasteiger partial charge in [-0.05, 0) is 23.6 Å². The summed E-state index contributed by atoms with van der Waals surface area (Å²) in [6.07, 6.45) is 0. The third-order valence-corrected chi connectivity index (χ3v) is 2.52. The molecule has 0 radical (unpaired) electrons. The Labute approximate surface area is 83.9 Å². The number of hydrogen-bond acceptors (Lipinski definition) is 2. The number of benzene rings is 1. The van der Waals surface area contributed by atoms with Crippen molar-refractivity contribution in [1.29, 1.82) is 0 Å². The van der Waals surface area contributed by atoms with Gasteiger partial charge in [0.1, 0.15) is 0 Å². The second kappa shape index (κ2) is 4.61. The molecule has 3 heteroatoms. The van der Waals surface area contributed by atoms with Gasteiger partial charge in [0.2, 0.25) is 0 Å². The van der Waals surface area contributed by atoms with Crippen molar-refractivity contribution >= 4 is 11.6 Å². The van der Waals surface area contributed by atoms with Gasteiger partial charge in [-0.15, -0.1) is 0 Å². The SMILES string of the molecule is CC(c1cccc(Cl)c1)C(N)CN. The minimum atomic E-state index is -0.00142. The fourth-order valence-electron chi connectivity index (χ4n) is 1.24. The van der Waals surface area contributed by atoms with Crippen LogP contribution < -0.4 is 11.5 Å². The summed E-state index contributed by atoms with van der Waals surface area (Å²) in [4.78, 5) is 0. The molecule has 0 saturated heterocycles. The molecule has 0 aliphatic heterocycles. The first-order valence-corrected chi connectivity index (χ1v) is 4.74. The van der Waals surface area contributed by atoms with E-state index in [0.29, 0.717) is 6.54 Å². The maximum atomic E-state index is 5.86. The van der Waals surface area contributed by atoms with Crippen LogP contribution in [-0.4, -0.2) is 12.6 Å². The maximum absolute atomic E-state index is 5.86. The number of rotatable bonds is 3. The van der Waals surface area contributed by atoms with Crippen LogP contribution in [-0.2, 0) is 0 Å². The number of hydrogen-bond donors (Lipinski definition) is 2. The molecule has 0 aliphatic rings. The molecule has 0 bridgehead atoms. The lowest BCUT2D eigenvalue weighted by molar-refractivity contribution is 0.576. The van der Waals surface area contributed by atoms with Gasteiger partial charge in [-0.2, -0.15) is 0 Å². The van der Waals surface area contributed by atoms with Crippen LogP contribution in [0.25, 0.3) is 0 Å². The second-order valence-corrected chi connectivity index (χ2v) is 3.68. The monoisotopic (exact) mass is 198 g/mol. The van der Waals surface area contributed by atoms with Gasteiger partial charge in [0.15, 0.2) is 0 Å². The van der Waals surface area contributed by atoms with Crippen LogP contribution in [0.2, 0.25) is 5.02 Å². The summed E-state index contributed by atoms with van der Waals surface area (Å²) < 4.78 is 0. The largest absolute Gasteiger partial charge is 0.329 e. The highest BCUT2D eigenvalue weighted by Crippen LogP contribution is 2.20. The Hall–Kier alpha value is -0.570. The minimum Gasteiger partial charge on any atom is -0.329 e. The van der Waals surface area contributed by atoms with E-state index < -0.39 is 0 Å². The lowest BCUT2D eigenvalue weighted by Gasteiger charge is -2.18. The average Bonchev–Trinajstić information content (AvgIpc) is 2.15. The second-order valence-electron chi connectivity index (χ2n) is 3.24. The van der Waals surface area contributed by atoms with Crippen LogP contribution in [0.1, 0.15) is 18.4 Å². The zero-order valence-corrected chi connectivity index (χ0v) is 8.46. The first kappa shape index (κ1) is 10.5. The van der Waals surface area contributed by atoms with Crippen LogP contribution in [0, 0.1) is 0 Å². The van der Waals surface area contributed by atoms with E-state index in [9.17, 15) is 0 Å². The summed E-state index contributed by atoms with van der Waals surface area (Å²) in [5.74, 6) is 0.253.